The zero-order valence-corrected chi connectivity index (χ0v) is 14.7. The molecule has 0 N–H and O–H groups in total. The molecule has 0 fully saturated rings. The number of hydrogen-bond acceptors (Lipinski definition) is 3. The predicted octanol–water partition coefficient (Wildman–Crippen LogP) is 5.65. The summed E-state index contributed by atoms with van der Waals surface area (Å²) in [6.45, 7) is 6.65. The molecule has 0 saturated heterocycles. The van der Waals surface area contributed by atoms with Crippen LogP contribution in [-0.4, -0.2) is 13.1 Å². The van der Waals surface area contributed by atoms with E-state index in [4.69, 9.17) is 4.74 Å². The molecule has 1 heterocycles. The number of ether oxygens (including phenoxy) is 1. The monoisotopic (exact) mass is 324 g/mol. The SMILES string of the molecule is COC(=O)c1ccc2cc(-c3ccc(C(C)(C)C)cc3)sc2c1. The zero-order chi connectivity index (χ0) is 16.6. The number of methoxy groups -OCH3 is 1. The molecule has 3 aromatic rings. The summed E-state index contributed by atoms with van der Waals surface area (Å²) in [6, 6.07) is 16.6. The first-order valence-corrected chi connectivity index (χ1v) is 8.43. The van der Waals surface area contributed by atoms with Gasteiger partial charge in [-0.25, -0.2) is 4.79 Å². The van der Waals surface area contributed by atoms with Crippen LogP contribution >= 0.6 is 11.3 Å². The molecule has 0 amide bonds. The summed E-state index contributed by atoms with van der Waals surface area (Å²) >= 11 is 1.70. The van der Waals surface area contributed by atoms with Crippen LogP contribution in [0.2, 0.25) is 0 Å². The Morgan fingerprint density at radius 2 is 1.70 bits per heavy atom. The number of rotatable bonds is 2. The summed E-state index contributed by atoms with van der Waals surface area (Å²) in [5, 5.41) is 1.15. The van der Waals surface area contributed by atoms with Gasteiger partial charge in [-0.1, -0.05) is 51.1 Å². The minimum Gasteiger partial charge on any atom is -0.465 e. The van der Waals surface area contributed by atoms with E-state index < -0.39 is 0 Å². The quantitative estimate of drug-likeness (QED) is 0.569. The van der Waals surface area contributed by atoms with Crippen LogP contribution in [0, 0.1) is 0 Å². The average molecular weight is 324 g/mol. The van der Waals surface area contributed by atoms with Crippen LogP contribution in [0.5, 0.6) is 0 Å². The van der Waals surface area contributed by atoms with Gasteiger partial charge in [-0.3, -0.25) is 0 Å². The molecule has 0 aliphatic rings. The topological polar surface area (TPSA) is 26.3 Å². The highest BCUT2D eigenvalue weighted by Crippen LogP contribution is 2.35. The van der Waals surface area contributed by atoms with E-state index in [-0.39, 0.29) is 11.4 Å². The van der Waals surface area contributed by atoms with Crippen molar-refractivity contribution in [3.63, 3.8) is 0 Å². The standard InChI is InChI=1S/C20H20O2S/c1-20(2,3)16-9-7-13(8-10-16)17-11-14-5-6-15(19(21)22-4)12-18(14)23-17/h5-12H,1-4H3. The van der Waals surface area contributed by atoms with Crippen LogP contribution in [0.3, 0.4) is 0 Å². The molecule has 3 rings (SSSR count). The van der Waals surface area contributed by atoms with E-state index >= 15 is 0 Å². The number of hydrogen-bond donors (Lipinski definition) is 0. The van der Waals surface area contributed by atoms with Crippen LogP contribution in [0.4, 0.5) is 0 Å². The Kier molecular flexibility index (Phi) is 3.99. The van der Waals surface area contributed by atoms with Gasteiger partial charge < -0.3 is 4.74 Å². The van der Waals surface area contributed by atoms with Crippen molar-refractivity contribution in [3.05, 3.63) is 59.7 Å². The number of carbonyl (C=O) groups excluding carboxylic acids is 1. The van der Waals surface area contributed by atoms with Gasteiger partial charge in [0, 0.05) is 9.58 Å². The van der Waals surface area contributed by atoms with Crippen LogP contribution < -0.4 is 0 Å². The molecule has 2 nitrogen and oxygen atoms in total. The second-order valence-corrected chi connectivity index (χ2v) is 7.77. The van der Waals surface area contributed by atoms with Crippen LogP contribution in [-0.2, 0) is 10.2 Å². The second kappa shape index (κ2) is 5.82. The first-order valence-electron chi connectivity index (χ1n) is 7.61. The number of thiophene rings is 1. The Labute approximate surface area is 140 Å². The van der Waals surface area contributed by atoms with Gasteiger partial charge in [0.2, 0.25) is 0 Å². The Balaban J connectivity index is 1.98. The number of carbonyl (C=O) groups is 1. The van der Waals surface area contributed by atoms with Crippen molar-refractivity contribution < 1.29 is 9.53 Å². The van der Waals surface area contributed by atoms with Crippen molar-refractivity contribution >= 4 is 27.4 Å². The lowest BCUT2D eigenvalue weighted by Crippen LogP contribution is -2.10. The lowest BCUT2D eigenvalue weighted by atomic mass is 9.86. The molecule has 0 aliphatic heterocycles. The molecular formula is C20H20O2S. The first-order chi connectivity index (χ1) is 10.9. The summed E-state index contributed by atoms with van der Waals surface area (Å²) in [5.74, 6) is -0.295. The van der Waals surface area contributed by atoms with Gasteiger partial charge in [-0.05, 0) is 40.1 Å². The van der Waals surface area contributed by atoms with E-state index in [0.29, 0.717) is 5.56 Å². The molecule has 0 unspecified atom stereocenters. The number of benzene rings is 2. The van der Waals surface area contributed by atoms with Gasteiger partial charge in [0.15, 0.2) is 0 Å². The first kappa shape index (κ1) is 15.8. The van der Waals surface area contributed by atoms with Gasteiger partial charge in [-0.15, -0.1) is 11.3 Å². The molecule has 0 bridgehead atoms. The molecule has 1 aromatic heterocycles. The Morgan fingerprint density at radius 1 is 1.00 bits per heavy atom. The van der Waals surface area contributed by atoms with Crippen LogP contribution in [0.1, 0.15) is 36.7 Å². The maximum absolute atomic E-state index is 11.6. The smallest absolute Gasteiger partial charge is 0.337 e. The molecule has 0 spiro atoms. The Bertz CT molecular complexity index is 851. The molecular weight excluding hydrogens is 304 g/mol. The van der Waals surface area contributed by atoms with Gasteiger partial charge in [0.1, 0.15) is 0 Å². The molecule has 2 aromatic carbocycles. The maximum atomic E-state index is 11.6. The fraction of sp³-hybridized carbons (Fsp3) is 0.250. The predicted molar refractivity (Wildman–Crippen MR) is 97.3 cm³/mol. The highest BCUT2D eigenvalue weighted by molar-refractivity contribution is 7.22. The minimum atomic E-state index is -0.295. The van der Waals surface area contributed by atoms with Gasteiger partial charge in [0.25, 0.3) is 0 Å². The van der Waals surface area contributed by atoms with Crippen LogP contribution in [0.15, 0.2) is 48.5 Å². The van der Waals surface area contributed by atoms with E-state index in [0.717, 1.165) is 10.1 Å². The lowest BCUT2D eigenvalue weighted by Gasteiger charge is -2.18. The van der Waals surface area contributed by atoms with Crippen molar-refractivity contribution in [1.82, 2.24) is 0 Å². The van der Waals surface area contributed by atoms with Crippen molar-refractivity contribution in [3.8, 4) is 10.4 Å². The summed E-state index contributed by atoms with van der Waals surface area (Å²) in [5.41, 5.74) is 3.29. The van der Waals surface area contributed by atoms with Crippen molar-refractivity contribution in [2.45, 2.75) is 26.2 Å². The van der Waals surface area contributed by atoms with E-state index in [2.05, 4.69) is 51.1 Å². The summed E-state index contributed by atoms with van der Waals surface area (Å²) in [4.78, 5) is 12.9. The van der Waals surface area contributed by atoms with E-state index in [1.54, 1.807) is 11.3 Å². The summed E-state index contributed by atoms with van der Waals surface area (Å²) in [7, 11) is 1.41. The normalized spacial score (nSPS) is 11.7. The average Bonchev–Trinajstić information content (AvgIpc) is 2.96. The number of esters is 1. The zero-order valence-electron chi connectivity index (χ0n) is 13.8. The second-order valence-electron chi connectivity index (χ2n) is 6.68. The highest BCUT2D eigenvalue weighted by Gasteiger charge is 2.14. The molecule has 118 valence electrons. The molecule has 0 saturated carbocycles. The fourth-order valence-corrected chi connectivity index (χ4v) is 3.66. The van der Waals surface area contributed by atoms with E-state index in [1.807, 2.05) is 18.2 Å². The molecule has 23 heavy (non-hydrogen) atoms. The van der Waals surface area contributed by atoms with E-state index in [1.165, 1.54) is 23.1 Å². The summed E-state index contributed by atoms with van der Waals surface area (Å²) in [6.07, 6.45) is 0. The highest BCUT2D eigenvalue weighted by atomic mass is 32.1. The van der Waals surface area contributed by atoms with Crippen molar-refractivity contribution in [1.29, 1.82) is 0 Å². The maximum Gasteiger partial charge on any atom is 0.337 e. The third kappa shape index (κ3) is 3.15. The molecule has 0 aliphatic carbocycles. The number of fused-ring (bicyclic) bond motifs is 1. The van der Waals surface area contributed by atoms with Gasteiger partial charge in [-0.2, -0.15) is 0 Å². The lowest BCUT2D eigenvalue weighted by molar-refractivity contribution is 0.0601. The largest absolute Gasteiger partial charge is 0.465 e. The van der Waals surface area contributed by atoms with Crippen molar-refractivity contribution in [2.75, 3.05) is 7.11 Å². The van der Waals surface area contributed by atoms with Gasteiger partial charge >= 0.3 is 5.97 Å². The third-order valence-corrected chi connectivity index (χ3v) is 5.12. The van der Waals surface area contributed by atoms with Crippen molar-refractivity contribution in [2.24, 2.45) is 0 Å². The summed E-state index contributed by atoms with van der Waals surface area (Å²) < 4.78 is 5.89. The molecule has 3 heteroatoms. The molecule has 0 radical (unpaired) electrons. The fourth-order valence-electron chi connectivity index (χ4n) is 2.55. The Morgan fingerprint density at radius 3 is 2.30 bits per heavy atom. The van der Waals surface area contributed by atoms with Crippen LogP contribution in [0.25, 0.3) is 20.5 Å². The third-order valence-electron chi connectivity index (χ3n) is 3.98. The van der Waals surface area contributed by atoms with Gasteiger partial charge in [0.05, 0.1) is 12.7 Å². The van der Waals surface area contributed by atoms with E-state index in [9.17, 15) is 4.79 Å². The minimum absolute atomic E-state index is 0.161. The Hall–Kier alpha value is -2.13. The molecule has 0 atom stereocenters.